The monoisotopic (exact) mass is 378 g/mol. The molecular weight excluding hydrogens is 367 g/mol. The third-order valence-corrected chi connectivity index (χ3v) is 3.82. The minimum absolute atomic E-state index is 0.319. The molecule has 1 aromatic heterocycles. The van der Waals surface area contributed by atoms with Gasteiger partial charge in [-0.2, -0.15) is 4.98 Å². The second-order valence-electron chi connectivity index (χ2n) is 4.83. The maximum atomic E-state index is 5.86. The number of halogens is 2. The Morgan fingerprint density at radius 1 is 1.00 bits per heavy atom. The van der Waals surface area contributed by atoms with Gasteiger partial charge < -0.3 is 15.2 Å². The molecule has 2 N–H and O–H groups in total. The van der Waals surface area contributed by atoms with Gasteiger partial charge in [0.15, 0.2) is 5.11 Å². The Morgan fingerprint density at radius 2 is 1.62 bits per heavy atom. The first kappa shape index (κ1) is 16.7. The first-order valence-electron chi connectivity index (χ1n) is 6.99. The van der Waals surface area contributed by atoms with Gasteiger partial charge in [-0.05, 0) is 60.7 Å². The molecule has 0 unspecified atom stereocenters. The van der Waals surface area contributed by atoms with Crippen LogP contribution in [0.1, 0.15) is 5.89 Å². The third kappa shape index (κ3) is 4.44. The van der Waals surface area contributed by atoms with Crippen molar-refractivity contribution in [3.8, 4) is 11.4 Å². The molecule has 5 nitrogen and oxygen atoms in total. The number of benzene rings is 2. The lowest BCUT2D eigenvalue weighted by molar-refractivity contribution is 0.376. The van der Waals surface area contributed by atoms with E-state index >= 15 is 0 Å². The number of nitrogens with zero attached hydrogens (tertiary/aromatic N) is 2. The normalized spacial score (nSPS) is 10.4. The highest BCUT2D eigenvalue weighted by atomic mass is 35.5. The molecule has 122 valence electrons. The fourth-order valence-electron chi connectivity index (χ4n) is 1.91. The van der Waals surface area contributed by atoms with Crippen LogP contribution in [0.2, 0.25) is 10.0 Å². The molecule has 3 aromatic rings. The molecule has 0 radical (unpaired) electrons. The predicted molar refractivity (Wildman–Crippen MR) is 99.3 cm³/mol. The van der Waals surface area contributed by atoms with Crippen molar-refractivity contribution in [2.24, 2.45) is 0 Å². The Balaban J connectivity index is 1.56. The molecule has 0 spiro atoms. The Labute approximate surface area is 154 Å². The van der Waals surface area contributed by atoms with E-state index in [1.54, 1.807) is 24.3 Å². The molecule has 0 amide bonds. The van der Waals surface area contributed by atoms with Crippen molar-refractivity contribution in [3.63, 3.8) is 0 Å². The molecule has 2 aromatic carbocycles. The lowest BCUT2D eigenvalue weighted by Gasteiger charge is -2.08. The largest absolute Gasteiger partial charge is 0.353 e. The van der Waals surface area contributed by atoms with Gasteiger partial charge >= 0.3 is 0 Å². The number of hydrogen-bond acceptors (Lipinski definition) is 4. The highest BCUT2D eigenvalue weighted by Gasteiger charge is 2.09. The van der Waals surface area contributed by atoms with E-state index in [0.717, 1.165) is 11.3 Å². The predicted octanol–water partition coefficient (Wildman–Crippen LogP) is 4.53. The van der Waals surface area contributed by atoms with Crippen molar-refractivity contribution < 1.29 is 4.52 Å². The van der Waals surface area contributed by atoms with Crippen LogP contribution in [0.15, 0.2) is 53.1 Å². The van der Waals surface area contributed by atoms with Gasteiger partial charge in [-0.1, -0.05) is 28.4 Å². The Hall–Kier alpha value is -2.15. The van der Waals surface area contributed by atoms with E-state index in [1.807, 2.05) is 24.3 Å². The van der Waals surface area contributed by atoms with Crippen molar-refractivity contribution in [2.75, 3.05) is 5.32 Å². The summed E-state index contributed by atoms with van der Waals surface area (Å²) in [6.45, 7) is 0.319. The van der Waals surface area contributed by atoms with Gasteiger partial charge in [-0.3, -0.25) is 0 Å². The van der Waals surface area contributed by atoms with Crippen molar-refractivity contribution in [2.45, 2.75) is 6.54 Å². The molecule has 0 bridgehead atoms. The molecule has 0 fully saturated rings. The zero-order valence-corrected chi connectivity index (χ0v) is 14.6. The molecule has 0 saturated heterocycles. The molecule has 0 aliphatic rings. The summed E-state index contributed by atoms with van der Waals surface area (Å²) in [6, 6.07) is 14.4. The molecule has 24 heavy (non-hydrogen) atoms. The van der Waals surface area contributed by atoms with Crippen LogP contribution in [0.4, 0.5) is 5.69 Å². The van der Waals surface area contributed by atoms with Gasteiger partial charge in [0.25, 0.3) is 0 Å². The van der Waals surface area contributed by atoms with Crippen molar-refractivity contribution >= 4 is 46.2 Å². The average Bonchev–Trinajstić information content (AvgIpc) is 3.05. The van der Waals surface area contributed by atoms with Gasteiger partial charge in [0.2, 0.25) is 11.7 Å². The number of anilines is 1. The van der Waals surface area contributed by atoms with E-state index in [2.05, 4.69) is 20.8 Å². The maximum absolute atomic E-state index is 5.86. The second kappa shape index (κ2) is 7.61. The summed E-state index contributed by atoms with van der Waals surface area (Å²) in [4.78, 5) is 4.31. The average molecular weight is 379 g/mol. The number of aromatic nitrogens is 2. The molecule has 0 atom stereocenters. The van der Waals surface area contributed by atoms with Crippen LogP contribution < -0.4 is 10.6 Å². The van der Waals surface area contributed by atoms with Gasteiger partial charge in [-0.15, -0.1) is 0 Å². The van der Waals surface area contributed by atoms with Crippen LogP contribution in [0.3, 0.4) is 0 Å². The molecule has 0 saturated carbocycles. The van der Waals surface area contributed by atoms with Gasteiger partial charge in [0.1, 0.15) is 0 Å². The molecule has 0 aliphatic carbocycles. The molecule has 3 rings (SSSR count). The second-order valence-corrected chi connectivity index (χ2v) is 6.11. The fraction of sp³-hybridized carbons (Fsp3) is 0.0625. The topological polar surface area (TPSA) is 63.0 Å². The first-order valence-corrected chi connectivity index (χ1v) is 8.15. The van der Waals surface area contributed by atoms with E-state index in [-0.39, 0.29) is 0 Å². The van der Waals surface area contributed by atoms with Crippen molar-refractivity contribution in [1.82, 2.24) is 15.5 Å². The Bertz CT molecular complexity index is 834. The zero-order chi connectivity index (χ0) is 16.9. The standard InChI is InChI=1S/C16H12Cl2N4OS/c17-11-3-1-10(2-4-11)15-21-14(23-22-15)9-19-16(24)20-13-7-5-12(18)6-8-13/h1-8H,9H2,(H2,19,20,24). The van der Waals surface area contributed by atoms with Crippen LogP contribution >= 0.6 is 35.4 Å². The summed E-state index contributed by atoms with van der Waals surface area (Å²) in [5.74, 6) is 0.931. The first-order chi connectivity index (χ1) is 11.6. The SMILES string of the molecule is S=C(NCc1nc(-c2ccc(Cl)cc2)no1)Nc1ccc(Cl)cc1. The van der Waals surface area contributed by atoms with Crippen LogP contribution in [0.5, 0.6) is 0 Å². The van der Waals surface area contributed by atoms with Crippen LogP contribution in [0, 0.1) is 0 Å². The zero-order valence-electron chi connectivity index (χ0n) is 12.3. The lowest BCUT2D eigenvalue weighted by atomic mass is 10.2. The maximum Gasteiger partial charge on any atom is 0.246 e. The summed E-state index contributed by atoms with van der Waals surface area (Å²) in [6.07, 6.45) is 0. The minimum atomic E-state index is 0.319. The van der Waals surface area contributed by atoms with E-state index in [4.69, 9.17) is 39.9 Å². The number of thiocarbonyl (C=S) groups is 1. The summed E-state index contributed by atoms with van der Waals surface area (Å²) in [7, 11) is 0. The summed E-state index contributed by atoms with van der Waals surface area (Å²) < 4.78 is 5.20. The minimum Gasteiger partial charge on any atom is -0.353 e. The van der Waals surface area contributed by atoms with Gasteiger partial charge in [0.05, 0.1) is 6.54 Å². The summed E-state index contributed by atoms with van der Waals surface area (Å²) in [5, 5.41) is 11.8. The highest BCUT2D eigenvalue weighted by Crippen LogP contribution is 2.18. The van der Waals surface area contributed by atoms with Gasteiger partial charge in [-0.25, -0.2) is 0 Å². The highest BCUT2D eigenvalue weighted by molar-refractivity contribution is 7.80. The van der Waals surface area contributed by atoms with E-state index in [0.29, 0.717) is 33.4 Å². The van der Waals surface area contributed by atoms with Crippen molar-refractivity contribution in [3.05, 3.63) is 64.5 Å². The molecule has 1 heterocycles. The van der Waals surface area contributed by atoms with Crippen LogP contribution in [-0.4, -0.2) is 15.3 Å². The quantitative estimate of drug-likeness (QED) is 0.650. The van der Waals surface area contributed by atoms with Crippen LogP contribution in [-0.2, 0) is 6.54 Å². The summed E-state index contributed by atoms with van der Waals surface area (Å²) >= 11 is 16.9. The Morgan fingerprint density at radius 3 is 2.29 bits per heavy atom. The number of nitrogens with one attached hydrogen (secondary N) is 2. The van der Waals surface area contributed by atoms with E-state index in [9.17, 15) is 0 Å². The van der Waals surface area contributed by atoms with Gasteiger partial charge in [0, 0.05) is 21.3 Å². The smallest absolute Gasteiger partial charge is 0.246 e. The number of hydrogen-bond donors (Lipinski definition) is 2. The molecular formula is C16H12Cl2N4OS. The van der Waals surface area contributed by atoms with E-state index < -0.39 is 0 Å². The van der Waals surface area contributed by atoms with Crippen LogP contribution in [0.25, 0.3) is 11.4 Å². The molecule has 0 aliphatic heterocycles. The fourth-order valence-corrected chi connectivity index (χ4v) is 2.35. The van der Waals surface area contributed by atoms with Crippen molar-refractivity contribution in [1.29, 1.82) is 0 Å². The lowest BCUT2D eigenvalue weighted by Crippen LogP contribution is -2.27. The third-order valence-electron chi connectivity index (χ3n) is 3.07. The molecule has 8 heteroatoms. The number of rotatable bonds is 4. The summed E-state index contributed by atoms with van der Waals surface area (Å²) in [5.41, 5.74) is 1.67. The van der Waals surface area contributed by atoms with E-state index in [1.165, 1.54) is 0 Å². The Kier molecular flexibility index (Phi) is 5.30.